The first-order chi connectivity index (χ1) is 12.2. The second kappa shape index (κ2) is 8.79. The lowest BCUT2D eigenvalue weighted by molar-refractivity contribution is 0.0501. The molecule has 0 atom stereocenters. The summed E-state index contributed by atoms with van der Waals surface area (Å²) in [5.74, 6) is 0.290. The highest BCUT2D eigenvalue weighted by Gasteiger charge is 2.18. The second-order valence-corrected chi connectivity index (χ2v) is 6.78. The molecule has 2 aromatic rings. The van der Waals surface area contributed by atoms with E-state index in [4.69, 9.17) is 10.5 Å². The average Bonchev–Trinajstić information content (AvgIpc) is 2.63. The summed E-state index contributed by atoms with van der Waals surface area (Å²) in [6, 6.07) is 18.2. The van der Waals surface area contributed by atoms with Gasteiger partial charge in [-0.3, -0.25) is 9.69 Å². The quantitative estimate of drug-likeness (QED) is 0.843. The molecule has 0 radical (unpaired) electrons. The van der Waals surface area contributed by atoms with Gasteiger partial charge in [-0.2, -0.15) is 0 Å². The van der Waals surface area contributed by atoms with Gasteiger partial charge in [0.1, 0.15) is 0 Å². The molecule has 1 amide bonds. The van der Waals surface area contributed by atoms with Crippen molar-refractivity contribution in [2.75, 3.05) is 19.8 Å². The Kier molecular flexibility index (Phi) is 6.20. The number of carbonyl (C=O) groups is 1. The Balaban J connectivity index is 1.72. The van der Waals surface area contributed by atoms with Crippen LogP contribution in [-0.4, -0.2) is 30.6 Å². The standard InChI is InChI=1S/C21H26N2O2/c22-21(24)20-8-4-7-19(13-20)16-23(14-17-5-2-1-3-6-17)15-18-9-11-25-12-10-18/h1-8,13,18H,9-12,14-16H2,(H2,22,24). The van der Waals surface area contributed by atoms with Crippen molar-refractivity contribution >= 4 is 5.91 Å². The number of carbonyl (C=O) groups excluding carboxylic acids is 1. The van der Waals surface area contributed by atoms with Crippen LogP contribution < -0.4 is 5.73 Å². The van der Waals surface area contributed by atoms with Crippen molar-refractivity contribution in [3.8, 4) is 0 Å². The van der Waals surface area contributed by atoms with E-state index < -0.39 is 0 Å². The summed E-state index contributed by atoms with van der Waals surface area (Å²) in [5, 5.41) is 0. The first-order valence-corrected chi connectivity index (χ1v) is 8.93. The third-order valence-electron chi connectivity index (χ3n) is 4.72. The van der Waals surface area contributed by atoms with Gasteiger partial charge >= 0.3 is 0 Å². The van der Waals surface area contributed by atoms with Crippen LogP contribution in [0.5, 0.6) is 0 Å². The molecule has 1 saturated heterocycles. The van der Waals surface area contributed by atoms with Crippen molar-refractivity contribution in [1.82, 2.24) is 4.90 Å². The lowest BCUT2D eigenvalue weighted by atomic mass is 9.99. The first-order valence-electron chi connectivity index (χ1n) is 8.93. The fraction of sp³-hybridized carbons (Fsp3) is 0.381. The summed E-state index contributed by atoms with van der Waals surface area (Å²) < 4.78 is 5.49. The molecule has 2 aromatic carbocycles. The Morgan fingerprint density at radius 2 is 1.68 bits per heavy atom. The van der Waals surface area contributed by atoms with Gasteiger partial charge in [0.15, 0.2) is 0 Å². The van der Waals surface area contributed by atoms with Crippen LogP contribution in [0.4, 0.5) is 0 Å². The van der Waals surface area contributed by atoms with E-state index in [1.165, 1.54) is 5.56 Å². The molecule has 4 heteroatoms. The lowest BCUT2D eigenvalue weighted by Crippen LogP contribution is -2.32. The highest BCUT2D eigenvalue weighted by Crippen LogP contribution is 2.19. The predicted molar refractivity (Wildman–Crippen MR) is 99.1 cm³/mol. The molecule has 1 fully saturated rings. The lowest BCUT2D eigenvalue weighted by Gasteiger charge is -2.30. The molecule has 1 aliphatic heterocycles. The fourth-order valence-electron chi connectivity index (χ4n) is 3.40. The molecule has 2 N–H and O–H groups in total. The van der Waals surface area contributed by atoms with E-state index in [2.05, 4.69) is 35.2 Å². The molecule has 3 rings (SSSR count). The number of rotatable bonds is 7. The van der Waals surface area contributed by atoms with Crippen molar-refractivity contribution in [3.63, 3.8) is 0 Å². The molecule has 132 valence electrons. The molecule has 0 aromatic heterocycles. The van der Waals surface area contributed by atoms with E-state index in [0.717, 1.165) is 51.3 Å². The van der Waals surface area contributed by atoms with Crippen LogP contribution in [0.1, 0.15) is 34.3 Å². The Hall–Kier alpha value is -2.17. The van der Waals surface area contributed by atoms with Gasteiger partial charge in [-0.05, 0) is 42.0 Å². The third kappa shape index (κ3) is 5.41. The normalized spacial score (nSPS) is 15.4. The number of amides is 1. The van der Waals surface area contributed by atoms with Crippen LogP contribution in [-0.2, 0) is 17.8 Å². The molecule has 25 heavy (non-hydrogen) atoms. The molecular formula is C21H26N2O2. The highest BCUT2D eigenvalue weighted by atomic mass is 16.5. The summed E-state index contributed by atoms with van der Waals surface area (Å²) >= 11 is 0. The topological polar surface area (TPSA) is 55.6 Å². The summed E-state index contributed by atoms with van der Waals surface area (Å²) in [5.41, 5.74) is 8.42. The third-order valence-corrected chi connectivity index (χ3v) is 4.72. The Bertz CT molecular complexity index is 681. The van der Waals surface area contributed by atoms with E-state index in [0.29, 0.717) is 11.5 Å². The van der Waals surface area contributed by atoms with Gasteiger partial charge in [0.05, 0.1) is 0 Å². The highest BCUT2D eigenvalue weighted by molar-refractivity contribution is 5.92. The van der Waals surface area contributed by atoms with Crippen molar-refractivity contribution in [2.45, 2.75) is 25.9 Å². The van der Waals surface area contributed by atoms with Gasteiger partial charge in [-0.25, -0.2) is 0 Å². The Labute approximate surface area is 149 Å². The first kappa shape index (κ1) is 17.6. The zero-order valence-corrected chi connectivity index (χ0v) is 14.6. The largest absolute Gasteiger partial charge is 0.381 e. The van der Waals surface area contributed by atoms with E-state index in [1.54, 1.807) is 6.07 Å². The number of hydrogen-bond donors (Lipinski definition) is 1. The maximum atomic E-state index is 11.4. The minimum absolute atomic E-state index is 0.374. The van der Waals surface area contributed by atoms with Gasteiger partial charge in [0.2, 0.25) is 5.91 Å². The zero-order chi connectivity index (χ0) is 17.5. The molecule has 0 spiro atoms. The predicted octanol–water partition coefficient (Wildman–Crippen LogP) is 3.21. The Morgan fingerprint density at radius 3 is 2.40 bits per heavy atom. The molecule has 4 nitrogen and oxygen atoms in total. The van der Waals surface area contributed by atoms with Crippen LogP contribution in [0.25, 0.3) is 0 Å². The molecule has 1 heterocycles. The smallest absolute Gasteiger partial charge is 0.248 e. The van der Waals surface area contributed by atoms with Gasteiger partial charge in [-0.15, -0.1) is 0 Å². The van der Waals surface area contributed by atoms with Crippen LogP contribution >= 0.6 is 0 Å². The maximum Gasteiger partial charge on any atom is 0.248 e. The second-order valence-electron chi connectivity index (χ2n) is 6.78. The van der Waals surface area contributed by atoms with Crippen molar-refractivity contribution in [3.05, 3.63) is 71.3 Å². The van der Waals surface area contributed by atoms with E-state index >= 15 is 0 Å². The van der Waals surface area contributed by atoms with Gasteiger partial charge in [0, 0.05) is 38.4 Å². The number of hydrogen-bond acceptors (Lipinski definition) is 3. The monoisotopic (exact) mass is 338 g/mol. The van der Waals surface area contributed by atoms with E-state index in [9.17, 15) is 4.79 Å². The number of primary amides is 1. The van der Waals surface area contributed by atoms with E-state index in [-0.39, 0.29) is 5.91 Å². The minimum Gasteiger partial charge on any atom is -0.381 e. The molecule has 0 saturated carbocycles. The number of nitrogens with zero attached hydrogens (tertiary/aromatic N) is 1. The van der Waals surface area contributed by atoms with Gasteiger partial charge in [-0.1, -0.05) is 42.5 Å². The number of benzene rings is 2. The van der Waals surface area contributed by atoms with Crippen LogP contribution in [0.3, 0.4) is 0 Å². The van der Waals surface area contributed by atoms with Gasteiger partial charge in [0.25, 0.3) is 0 Å². The average molecular weight is 338 g/mol. The molecular weight excluding hydrogens is 312 g/mol. The molecule has 0 unspecified atom stereocenters. The van der Waals surface area contributed by atoms with E-state index in [1.807, 2.05) is 18.2 Å². The van der Waals surface area contributed by atoms with Crippen molar-refractivity contribution < 1.29 is 9.53 Å². The van der Waals surface area contributed by atoms with Crippen molar-refractivity contribution in [2.24, 2.45) is 11.7 Å². The molecule has 0 aliphatic carbocycles. The maximum absolute atomic E-state index is 11.4. The number of nitrogens with two attached hydrogens (primary N) is 1. The van der Waals surface area contributed by atoms with Gasteiger partial charge < -0.3 is 10.5 Å². The summed E-state index contributed by atoms with van der Waals surface area (Å²) in [4.78, 5) is 13.9. The van der Waals surface area contributed by atoms with Crippen LogP contribution in [0.2, 0.25) is 0 Å². The zero-order valence-electron chi connectivity index (χ0n) is 14.6. The summed E-state index contributed by atoms with van der Waals surface area (Å²) in [7, 11) is 0. The summed E-state index contributed by atoms with van der Waals surface area (Å²) in [6.45, 7) is 4.48. The van der Waals surface area contributed by atoms with Crippen molar-refractivity contribution in [1.29, 1.82) is 0 Å². The minimum atomic E-state index is -0.374. The van der Waals surface area contributed by atoms with Crippen LogP contribution in [0.15, 0.2) is 54.6 Å². The Morgan fingerprint density at radius 1 is 1.00 bits per heavy atom. The number of ether oxygens (including phenoxy) is 1. The van der Waals surface area contributed by atoms with Crippen LogP contribution in [0, 0.1) is 5.92 Å². The summed E-state index contributed by atoms with van der Waals surface area (Å²) in [6.07, 6.45) is 2.24. The molecule has 1 aliphatic rings. The fourth-order valence-corrected chi connectivity index (χ4v) is 3.40. The molecule has 0 bridgehead atoms. The SMILES string of the molecule is NC(=O)c1cccc(CN(Cc2ccccc2)CC2CCOCC2)c1.